The van der Waals surface area contributed by atoms with E-state index in [1.807, 2.05) is 126 Å². The zero-order valence-corrected chi connectivity index (χ0v) is 65.3. The largest absolute Gasteiger partial charge is 0.394 e. The standard InChI is InChI=1S/2C8H10.C7H13NO.C5H11NO.2C5H12.C4H10.C3H8O.2C2H6.6CH5N.11CH2O.5H3N/c2*1-2-8-6-4-3-5-7-8;1-7(9)8-5-3-2-4-6-8;1-3-4-5(7)6-2;2*1-4-5(2)3;1-4(2)3;1-3(2)4;19*1-2;;;;;/h2*3-7H,2H2,1H3;2-6H2,1H3;3-4H2,1-2H3,(H,6,7);2*5H,4H2,1-3H3;4H,1-3H3;3-4H,1-2H3;2*1-2H3;6*2H2,1H3;11*1H2;5*1H3. The molecule has 1 aliphatic heterocycles. The number of aliphatic hydroxyl groups excluding tert-OH is 1. The molecule has 0 aromatic heterocycles. The van der Waals surface area contributed by atoms with Gasteiger partial charge in [0.1, 0.15) is 74.7 Å². The number of nitrogens with zero attached hydrogens (tertiary/aromatic N) is 1. The third-order valence-corrected chi connectivity index (χ3v) is 6.69. The minimum atomic E-state index is -0.167. The summed E-state index contributed by atoms with van der Waals surface area (Å²) in [6, 6.07) is 20.9. The molecule has 93 heavy (non-hydrogen) atoms. The molecule has 0 bridgehead atoms. The van der Waals surface area contributed by atoms with Crippen LogP contribution in [0.1, 0.15) is 188 Å². The summed E-state index contributed by atoms with van der Waals surface area (Å²) < 4.78 is 0. The molecule has 0 spiro atoms. The molecule has 2 amide bonds. The Morgan fingerprint density at radius 1 is 0.419 bits per heavy atom. The number of benzene rings is 2. The van der Waals surface area contributed by atoms with Crippen LogP contribution in [0, 0.1) is 17.8 Å². The lowest BCUT2D eigenvalue weighted by Gasteiger charge is -2.24. The smallest absolute Gasteiger partial charge is 0.219 e. The van der Waals surface area contributed by atoms with Crippen LogP contribution in [0.15, 0.2) is 60.7 Å². The van der Waals surface area contributed by atoms with E-state index in [1.165, 1.54) is 85.5 Å². The predicted octanol–water partition coefficient (Wildman–Crippen LogP) is 10.5. The van der Waals surface area contributed by atoms with Crippen molar-refractivity contribution in [3.05, 3.63) is 71.8 Å². The molecule has 27 nitrogen and oxygen atoms in total. The van der Waals surface area contributed by atoms with Gasteiger partial charge in [0.2, 0.25) is 11.8 Å². The van der Waals surface area contributed by atoms with Crippen LogP contribution in [0.5, 0.6) is 0 Å². The highest BCUT2D eigenvalue weighted by Gasteiger charge is 2.11. The van der Waals surface area contributed by atoms with E-state index < -0.39 is 0 Å². The summed E-state index contributed by atoms with van der Waals surface area (Å²) in [5.41, 5.74) is 29.8. The lowest BCUT2D eigenvalue weighted by atomic mass is 10.1. The van der Waals surface area contributed by atoms with E-state index in [0.29, 0.717) is 6.42 Å². The van der Waals surface area contributed by atoms with Gasteiger partial charge in [-0.25, -0.2) is 0 Å². The predicted molar refractivity (Wildman–Crippen MR) is 412 cm³/mol. The minimum absolute atomic E-state index is 0. The van der Waals surface area contributed by atoms with Crippen LogP contribution in [0.25, 0.3) is 0 Å². The van der Waals surface area contributed by atoms with Crippen LogP contribution in [-0.4, -0.2) is 165 Å². The average molecular weight is 1370 g/mol. The average Bonchev–Trinajstić information content (AvgIpc) is 3.64. The highest BCUT2D eigenvalue weighted by Crippen LogP contribution is 2.07. The van der Waals surface area contributed by atoms with Crippen LogP contribution in [0.4, 0.5) is 0 Å². The van der Waals surface area contributed by atoms with Gasteiger partial charge in [-0.05, 0) is 124 Å². The minimum Gasteiger partial charge on any atom is -0.394 e. The zero-order valence-electron chi connectivity index (χ0n) is 65.3. The maximum absolute atomic E-state index is 10.7. The van der Waals surface area contributed by atoms with E-state index in [-0.39, 0.29) is 48.7 Å². The van der Waals surface area contributed by atoms with Gasteiger partial charge in [0.15, 0.2) is 0 Å². The van der Waals surface area contributed by atoms with Gasteiger partial charge in [-0.2, -0.15) is 0 Å². The van der Waals surface area contributed by atoms with E-state index in [1.54, 1.807) is 27.8 Å². The quantitative estimate of drug-likeness (QED) is 0.128. The molecule has 1 fully saturated rings. The van der Waals surface area contributed by atoms with Gasteiger partial charge in [-0.1, -0.05) is 184 Å². The lowest BCUT2D eigenvalue weighted by molar-refractivity contribution is -0.129. The van der Waals surface area contributed by atoms with Crippen molar-refractivity contribution in [2.45, 2.75) is 195 Å². The van der Waals surface area contributed by atoms with Gasteiger partial charge in [0.05, 0.1) is 0 Å². The second kappa shape index (κ2) is 339. The Hall–Kier alpha value is -6.73. The fourth-order valence-corrected chi connectivity index (χ4v) is 2.99. The molecule has 578 valence electrons. The Kier molecular flexibility index (Phi) is 697. The molecule has 29 N–H and O–H groups in total. The van der Waals surface area contributed by atoms with Crippen molar-refractivity contribution < 1.29 is 67.4 Å². The molecule has 0 saturated carbocycles. The van der Waals surface area contributed by atoms with Crippen LogP contribution >= 0.6 is 0 Å². The van der Waals surface area contributed by atoms with Crippen molar-refractivity contribution in [2.75, 3.05) is 62.4 Å². The summed E-state index contributed by atoms with van der Waals surface area (Å²) in [6.45, 7) is 63.1. The number of carbonyl (C=O) groups excluding carboxylic acids is 13. The summed E-state index contributed by atoms with van der Waals surface area (Å²) in [5, 5.41) is 10.6. The molecule has 0 aliphatic carbocycles. The van der Waals surface area contributed by atoms with Crippen molar-refractivity contribution in [2.24, 2.45) is 52.2 Å². The highest BCUT2D eigenvalue weighted by atomic mass is 16.3. The van der Waals surface area contributed by atoms with Crippen LogP contribution < -0.4 is 70.5 Å². The van der Waals surface area contributed by atoms with Crippen molar-refractivity contribution in [3.8, 4) is 0 Å². The van der Waals surface area contributed by atoms with E-state index >= 15 is 0 Å². The van der Waals surface area contributed by atoms with Gasteiger partial charge in [0.25, 0.3) is 0 Å². The molecule has 2 aromatic carbocycles. The summed E-state index contributed by atoms with van der Waals surface area (Å²) in [5.74, 6) is 2.96. The zero-order chi connectivity index (χ0) is 77.8. The first-order chi connectivity index (χ1) is 42.5. The van der Waals surface area contributed by atoms with E-state index in [9.17, 15) is 9.59 Å². The fourth-order valence-electron chi connectivity index (χ4n) is 2.99. The second-order valence-electron chi connectivity index (χ2n) is 14.1. The van der Waals surface area contributed by atoms with Gasteiger partial charge in [0, 0.05) is 39.6 Å². The number of rotatable bonds is 6. The van der Waals surface area contributed by atoms with E-state index in [4.69, 9.17) is 57.8 Å². The number of hydrogen-bond acceptors (Lipinski definition) is 25. The molecule has 0 unspecified atom stereocenters. The van der Waals surface area contributed by atoms with Crippen molar-refractivity contribution >= 4 is 86.5 Å². The molecule has 1 aliphatic rings. The number of aryl methyl sites for hydroxylation is 2. The fraction of sp³-hybridized carbons (Fsp3) is 0.621. The normalized spacial score (nSPS) is 6.91. The molecule has 2 aromatic rings. The monoisotopic (exact) mass is 1360 g/mol. The summed E-state index contributed by atoms with van der Waals surface area (Å²) >= 11 is 0. The lowest BCUT2D eigenvalue weighted by Crippen LogP contribution is -2.33. The van der Waals surface area contributed by atoms with E-state index in [2.05, 4.69) is 164 Å². The first kappa shape index (κ1) is 191. The highest BCUT2D eigenvalue weighted by molar-refractivity contribution is 5.75. The number of likely N-dealkylation sites (tertiary alicyclic amines) is 1. The molecule has 0 atom stereocenters. The topological polar surface area (TPSA) is 589 Å². The Morgan fingerprint density at radius 2 is 0.581 bits per heavy atom. The third-order valence-electron chi connectivity index (χ3n) is 6.69. The molecule has 1 heterocycles. The number of amides is 2. The van der Waals surface area contributed by atoms with Crippen LogP contribution in [0.3, 0.4) is 0 Å². The summed E-state index contributed by atoms with van der Waals surface area (Å²) in [6.07, 6.45) is 9.99. The van der Waals surface area contributed by atoms with Crippen molar-refractivity contribution in [1.29, 1.82) is 0 Å². The summed E-state index contributed by atoms with van der Waals surface area (Å²) in [7, 11) is 10.7. The van der Waals surface area contributed by atoms with Gasteiger partial charge >= 0.3 is 0 Å². The van der Waals surface area contributed by atoms with Gasteiger partial charge < -0.3 is 133 Å². The Morgan fingerprint density at radius 3 is 0.656 bits per heavy atom. The maximum Gasteiger partial charge on any atom is 0.219 e. The SMILES string of the molecule is C=O.C=O.C=O.C=O.C=O.C=O.C=O.C=O.C=O.C=O.C=O.CC.CC.CC(=O)N1CCCCC1.CC(C)C.CC(C)O.CCC(C)C.CCC(C)C.CCCC(=O)NC.CCc1ccccc1.CCc1ccccc1.CN.CN.CN.CN.CN.CN.N.N.N.N.N. The first-order valence-corrected chi connectivity index (χ1v) is 28.3. The Bertz CT molecular complexity index is 1060. The second-order valence-corrected chi connectivity index (χ2v) is 14.1. The van der Waals surface area contributed by atoms with Crippen LogP contribution in [-0.2, 0) is 75.2 Å². The molecular formula is C66H165N13O14. The number of aliphatic hydroxyl groups is 1. The number of nitrogens with two attached hydrogens (primary N) is 6. The van der Waals surface area contributed by atoms with Crippen LogP contribution in [0.2, 0.25) is 0 Å². The Balaban J connectivity index is -0.0000000174. The molecular weight excluding hydrogens is 1200 g/mol. The third kappa shape index (κ3) is 503. The Labute approximate surface area is 574 Å². The first-order valence-electron chi connectivity index (χ1n) is 28.3. The molecule has 1 saturated heterocycles. The molecule has 27 heteroatoms. The maximum atomic E-state index is 10.7. The number of carbonyl (C=O) groups is 13. The van der Waals surface area contributed by atoms with Crippen molar-refractivity contribution in [3.63, 3.8) is 0 Å². The summed E-state index contributed by atoms with van der Waals surface area (Å²) in [4.78, 5) is 111. The molecule has 0 radical (unpaired) electrons. The van der Waals surface area contributed by atoms with Crippen molar-refractivity contribution in [1.82, 2.24) is 41.0 Å². The number of nitrogens with one attached hydrogen (secondary N) is 1. The number of hydrogen-bond donors (Lipinski definition) is 13. The van der Waals surface area contributed by atoms with Gasteiger partial charge in [-0.15, -0.1) is 0 Å². The van der Waals surface area contributed by atoms with E-state index in [0.717, 1.165) is 50.1 Å². The number of piperidine rings is 1. The van der Waals surface area contributed by atoms with Gasteiger partial charge in [-0.3, -0.25) is 9.59 Å². The molecule has 3 rings (SSSR count).